The van der Waals surface area contributed by atoms with E-state index in [1.165, 1.54) is 23.4 Å². The van der Waals surface area contributed by atoms with Crippen LogP contribution in [0, 0.1) is 5.82 Å². The highest BCUT2D eigenvalue weighted by Crippen LogP contribution is 2.32. The molecule has 184 valence electrons. The molecule has 0 aliphatic rings. The number of amides is 2. The second-order valence-electron chi connectivity index (χ2n) is 8.88. The molecule has 2 aromatic carbocycles. The van der Waals surface area contributed by atoms with Crippen LogP contribution in [0.15, 0.2) is 30.6 Å². The monoisotopic (exact) mass is 501 g/mol. The molecular weight excluding hydrogens is 476 g/mol. The van der Waals surface area contributed by atoms with E-state index >= 15 is 4.39 Å². The number of imidazole rings is 1. The quantitative estimate of drug-likeness (QED) is 0.292. The van der Waals surface area contributed by atoms with E-state index in [0.29, 0.717) is 16.7 Å². The molecule has 12 heteroatoms. The summed E-state index contributed by atoms with van der Waals surface area (Å²) in [4.78, 5) is 35.6. The van der Waals surface area contributed by atoms with Gasteiger partial charge in [0, 0.05) is 20.6 Å². The van der Waals surface area contributed by atoms with Crippen molar-refractivity contribution in [3.63, 3.8) is 0 Å². The maximum Gasteiger partial charge on any atom is 0.410 e. The van der Waals surface area contributed by atoms with Gasteiger partial charge in [-0.25, -0.2) is 19.6 Å². The average Bonchev–Trinajstić information content (AvgIpc) is 3.14. The number of hydrogen-bond donors (Lipinski definition) is 2. The minimum atomic E-state index is -0.731. The van der Waals surface area contributed by atoms with Gasteiger partial charge in [-0.05, 0) is 39.0 Å². The van der Waals surface area contributed by atoms with Gasteiger partial charge in [0.2, 0.25) is 0 Å². The summed E-state index contributed by atoms with van der Waals surface area (Å²) in [5.74, 6) is -1.44. The number of benzene rings is 2. The Balaban J connectivity index is 1.77. The summed E-state index contributed by atoms with van der Waals surface area (Å²) in [6.07, 6.45) is 0.918. The number of carbonyl (C=O) groups is 2. The molecule has 0 atom stereocenters. The highest BCUT2D eigenvalue weighted by Gasteiger charge is 2.23. The zero-order valence-electron chi connectivity index (χ0n) is 20.1. The Kier molecular flexibility index (Phi) is 7.91. The first-order valence-corrected chi connectivity index (χ1v) is 11.1. The van der Waals surface area contributed by atoms with Crippen molar-refractivity contribution in [2.75, 3.05) is 25.5 Å². The van der Waals surface area contributed by atoms with Crippen molar-refractivity contribution in [1.29, 1.82) is 0 Å². The van der Waals surface area contributed by atoms with E-state index in [2.05, 4.69) is 15.8 Å². The molecule has 0 saturated carbocycles. The van der Waals surface area contributed by atoms with Crippen LogP contribution in [0.5, 0.6) is 0 Å². The van der Waals surface area contributed by atoms with E-state index in [0.717, 1.165) is 0 Å². The van der Waals surface area contributed by atoms with Crippen LogP contribution in [0.3, 0.4) is 0 Å². The molecule has 3 aromatic rings. The van der Waals surface area contributed by atoms with Crippen molar-refractivity contribution in [1.82, 2.24) is 19.9 Å². The highest BCUT2D eigenvalue weighted by atomic mass is 35.5. The van der Waals surface area contributed by atoms with Crippen LogP contribution >= 0.6 is 11.6 Å². The molecule has 0 fully saturated rings. The molecule has 0 spiro atoms. The molecule has 0 unspecified atom stereocenters. The van der Waals surface area contributed by atoms with E-state index in [-0.39, 0.29) is 34.9 Å². The number of hydrogen-bond acceptors (Lipinski definition) is 6. The van der Waals surface area contributed by atoms with Crippen molar-refractivity contribution in [3.8, 4) is 0 Å². The fraction of sp³-hybridized carbons (Fsp3) is 0.348. The first-order chi connectivity index (χ1) is 16.4. The van der Waals surface area contributed by atoms with Crippen LogP contribution in [0.4, 0.5) is 20.6 Å². The molecule has 9 nitrogen and oxygen atoms in total. The molecule has 1 aromatic heterocycles. The Morgan fingerprint density at radius 2 is 2.00 bits per heavy atom. The summed E-state index contributed by atoms with van der Waals surface area (Å²) in [5, 5.41) is 3.11. The van der Waals surface area contributed by atoms with Crippen LogP contribution in [-0.2, 0) is 16.6 Å². The first kappa shape index (κ1) is 26.3. The number of aryl methyl sites for hydroxylation is 1. The van der Waals surface area contributed by atoms with E-state index in [1.807, 2.05) is 0 Å². The first-order valence-electron chi connectivity index (χ1n) is 10.7. The molecule has 35 heavy (non-hydrogen) atoms. The van der Waals surface area contributed by atoms with Crippen LogP contribution in [-0.4, -0.2) is 60.1 Å². The topological polar surface area (TPSA) is 97.7 Å². The lowest BCUT2D eigenvalue weighted by Gasteiger charge is -2.24. The van der Waals surface area contributed by atoms with Crippen molar-refractivity contribution >= 4 is 59.3 Å². The number of nitrogens with zero attached hydrogens (tertiary/aromatic N) is 3. The van der Waals surface area contributed by atoms with Gasteiger partial charge in [0.1, 0.15) is 19.0 Å². The number of rotatable bonds is 7. The van der Waals surface area contributed by atoms with Crippen molar-refractivity contribution in [2.24, 2.45) is 7.05 Å². The maximum atomic E-state index is 15.4. The molecule has 0 aliphatic carbocycles. The van der Waals surface area contributed by atoms with Crippen LogP contribution in [0.2, 0.25) is 5.02 Å². The second kappa shape index (κ2) is 10.5. The molecule has 2 N–H and O–H groups in total. The summed E-state index contributed by atoms with van der Waals surface area (Å²) in [6.45, 7) is 5.41. The summed E-state index contributed by atoms with van der Waals surface area (Å²) < 4.78 is 22.3. The fourth-order valence-corrected chi connectivity index (χ4v) is 3.31. The van der Waals surface area contributed by atoms with Gasteiger partial charge in [-0.15, -0.1) is 0 Å². The Bertz CT molecular complexity index is 1260. The lowest BCUT2D eigenvalue weighted by Crippen LogP contribution is -2.37. The minimum absolute atomic E-state index is 0.0233. The summed E-state index contributed by atoms with van der Waals surface area (Å²) >= 11 is 6.23. The van der Waals surface area contributed by atoms with Gasteiger partial charge in [0.15, 0.2) is 5.82 Å². The van der Waals surface area contributed by atoms with Crippen molar-refractivity contribution in [2.45, 2.75) is 26.4 Å². The summed E-state index contributed by atoms with van der Waals surface area (Å²) in [6, 6.07) is 6.16. The molecule has 2 amide bonds. The van der Waals surface area contributed by atoms with Gasteiger partial charge in [-0.3, -0.25) is 9.63 Å². The predicted molar refractivity (Wildman–Crippen MR) is 133 cm³/mol. The normalized spacial score (nSPS) is 11.4. The highest BCUT2D eigenvalue weighted by molar-refractivity contribution is 6.37. The number of halogens is 2. The molecule has 2 radical (unpaired) electrons. The maximum absolute atomic E-state index is 15.4. The van der Waals surface area contributed by atoms with Crippen molar-refractivity contribution in [3.05, 3.63) is 47.0 Å². The number of nitrogens with one attached hydrogen (secondary N) is 2. The van der Waals surface area contributed by atoms with Crippen LogP contribution in [0.1, 0.15) is 31.1 Å². The molecule has 3 rings (SSSR count). The number of aromatic nitrogens is 2. The van der Waals surface area contributed by atoms with E-state index < -0.39 is 23.4 Å². The standard InChI is InChI=1S/C23H26BClFN5O4/c1-23(2,3)35-22(33)30(4)8-9-34-29-21(32)14-11-17-20(27-12-31(17)5)18(26)19(14)28-16-7-6-13(24)10-15(16)25/h6-7,10-12,28H,8-9H2,1-5H3,(H,29,32). The van der Waals surface area contributed by atoms with Gasteiger partial charge in [0.25, 0.3) is 5.91 Å². The van der Waals surface area contributed by atoms with Crippen LogP contribution < -0.4 is 16.3 Å². The van der Waals surface area contributed by atoms with E-state index in [1.54, 1.807) is 51.6 Å². The number of anilines is 2. The predicted octanol–water partition coefficient (Wildman–Crippen LogP) is 3.43. The molecule has 0 bridgehead atoms. The third kappa shape index (κ3) is 6.43. The summed E-state index contributed by atoms with van der Waals surface area (Å²) in [7, 11) is 8.96. The van der Waals surface area contributed by atoms with Gasteiger partial charge in [-0.1, -0.05) is 23.1 Å². The lowest BCUT2D eigenvalue weighted by atomic mass is 9.96. The number of fused-ring (bicyclic) bond motifs is 1. The molecule has 1 heterocycles. The minimum Gasteiger partial charge on any atom is -0.444 e. The smallest absolute Gasteiger partial charge is 0.410 e. The summed E-state index contributed by atoms with van der Waals surface area (Å²) in [5.41, 5.74) is 2.76. The van der Waals surface area contributed by atoms with Gasteiger partial charge in [0.05, 0.1) is 40.4 Å². The molecule has 0 saturated heterocycles. The lowest BCUT2D eigenvalue weighted by molar-refractivity contribution is 0.00886. The number of carbonyl (C=O) groups excluding carboxylic acids is 2. The number of hydroxylamine groups is 1. The number of ether oxygens (including phenoxy) is 1. The Labute approximate surface area is 208 Å². The van der Waals surface area contributed by atoms with Crippen LogP contribution in [0.25, 0.3) is 11.0 Å². The van der Waals surface area contributed by atoms with Crippen molar-refractivity contribution < 1.29 is 23.6 Å². The largest absolute Gasteiger partial charge is 0.444 e. The Morgan fingerprint density at radius 1 is 1.29 bits per heavy atom. The van der Waals surface area contributed by atoms with Gasteiger partial charge < -0.3 is 19.5 Å². The van der Waals surface area contributed by atoms with E-state index in [9.17, 15) is 9.59 Å². The second-order valence-corrected chi connectivity index (χ2v) is 9.29. The zero-order chi connectivity index (χ0) is 25.9. The molecular formula is C23H26BClFN5O4. The Morgan fingerprint density at radius 3 is 2.66 bits per heavy atom. The fourth-order valence-electron chi connectivity index (χ4n) is 3.08. The Hall–Kier alpha value is -3.31. The third-order valence-corrected chi connectivity index (χ3v) is 5.17. The third-order valence-electron chi connectivity index (χ3n) is 4.86. The zero-order valence-corrected chi connectivity index (χ0v) is 20.9. The molecule has 0 aliphatic heterocycles. The van der Waals surface area contributed by atoms with Gasteiger partial charge in [-0.2, -0.15) is 0 Å². The van der Waals surface area contributed by atoms with E-state index in [4.69, 9.17) is 29.0 Å². The van der Waals surface area contributed by atoms with Gasteiger partial charge >= 0.3 is 6.09 Å². The number of likely N-dealkylation sites (N-methyl/N-ethyl adjacent to an activating group) is 1. The average molecular weight is 502 g/mol. The SMILES string of the molecule is [B]c1ccc(Nc2c(C(=O)NOCCN(C)C(=O)OC(C)(C)C)cc3c(ncn3C)c2F)c(Cl)c1.